The minimum Gasteiger partial charge on any atom is -0.269 e. The minimum atomic E-state index is 0. The predicted molar refractivity (Wildman–Crippen MR) is 43.9 cm³/mol. The predicted octanol–water partition coefficient (Wildman–Crippen LogP) is 1.16. The summed E-state index contributed by atoms with van der Waals surface area (Å²) in [6.07, 6.45) is 5.55. The summed E-state index contributed by atoms with van der Waals surface area (Å²) in [4.78, 5) is 0. The lowest BCUT2D eigenvalue weighted by atomic mass is 9.81. The van der Waals surface area contributed by atoms with Crippen molar-refractivity contribution in [2.45, 2.75) is 31.7 Å². The van der Waals surface area contributed by atoms with Gasteiger partial charge < -0.3 is 0 Å². The molecule has 10 heavy (non-hydrogen) atoms. The van der Waals surface area contributed by atoms with E-state index in [2.05, 4.69) is 0 Å². The first-order chi connectivity index (χ1) is 4.36. The highest BCUT2D eigenvalue weighted by Crippen LogP contribution is 2.32. The van der Waals surface area contributed by atoms with Gasteiger partial charge in [-0.2, -0.15) is 0 Å². The van der Waals surface area contributed by atoms with Crippen molar-refractivity contribution in [1.29, 1.82) is 0 Å². The van der Waals surface area contributed by atoms with Crippen LogP contribution in [-0.4, -0.2) is 17.6 Å². The molecular weight excluding hydrogens is 148 g/mol. The average Bonchev–Trinajstić information content (AvgIpc) is 1.90. The number of hydrogen-bond donors (Lipinski definition) is 1. The third-order valence-electron chi connectivity index (χ3n) is 2.75. The third-order valence-corrected chi connectivity index (χ3v) is 2.75. The molecule has 2 nitrogen and oxygen atoms in total. The van der Waals surface area contributed by atoms with E-state index in [4.69, 9.17) is 5.84 Å². The van der Waals surface area contributed by atoms with Crippen molar-refractivity contribution in [1.82, 2.24) is 5.01 Å². The summed E-state index contributed by atoms with van der Waals surface area (Å²) < 4.78 is 0. The lowest BCUT2D eigenvalue weighted by molar-refractivity contribution is 0.0491. The highest BCUT2D eigenvalue weighted by molar-refractivity contribution is 5.85. The average molecular weight is 163 g/mol. The van der Waals surface area contributed by atoms with E-state index in [0.717, 1.165) is 18.5 Å². The van der Waals surface area contributed by atoms with E-state index in [1.807, 2.05) is 5.01 Å². The Balaban J connectivity index is 0.000000500. The molecule has 1 aliphatic carbocycles. The van der Waals surface area contributed by atoms with Gasteiger partial charge in [-0.3, -0.25) is 5.84 Å². The lowest BCUT2D eigenvalue weighted by Crippen LogP contribution is -2.51. The van der Waals surface area contributed by atoms with Crippen LogP contribution in [0, 0.1) is 5.92 Å². The zero-order valence-corrected chi connectivity index (χ0v) is 6.94. The van der Waals surface area contributed by atoms with Gasteiger partial charge in [-0.25, -0.2) is 5.01 Å². The van der Waals surface area contributed by atoms with Gasteiger partial charge in [0.1, 0.15) is 0 Å². The SMILES string of the molecule is Cl.NN1CC2CCC1CC2. The van der Waals surface area contributed by atoms with E-state index >= 15 is 0 Å². The first-order valence-electron chi connectivity index (χ1n) is 3.87. The van der Waals surface area contributed by atoms with Crippen molar-refractivity contribution in [3.8, 4) is 0 Å². The molecule has 1 saturated carbocycles. The Labute approximate surface area is 68.1 Å². The number of rotatable bonds is 0. The van der Waals surface area contributed by atoms with Crippen LogP contribution in [0.2, 0.25) is 0 Å². The molecule has 0 aromatic carbocycles. The van der Waals surface area contributed by atoms with E-state index in [1.54, 1.807) is 0 Å². The number of fused-ring (bicyclic) bond motifs is 3. The summed E-state index contributed by atoms with van der Waals surface area (Å²) in [6, 6.07) is 0.731. The number of hydrazine groups is 1. The summed E-state index contributed by atoms with van der Waals surface area (Å²) in [5, 5.41) is 2.04. The molecule has 60 valence electrons. The maximum absolute atomic E-state index is 5.75. The van der Waals surface area contributed by atoms with Gasteiger partial charge in [0.2, 0.25) is 0 Å². The van der Waals surface area contributed by atoms with Gasteiger partial charge in [0.05, 0.1) is 0 Å². The Morgan fingerprint density at radius 3 is 1.90 bits per heavy atom. The number of nitrogens with zero attached hydrogens (tertiary/aromatic N) is 1. The van der Waals surface area contributed by atoms with Crippen molar-refractivity contribution in [3.05, 3.63) is 0 Å². The lowest BCUT2D eigenvalue weighted by Gasteiger charge is -2.42. The first-order valence-corrected chi connectivity index (χ1v) is 3.87. The monoisotopic (exact) mass is 162 g/mol. The van der Waals surface area contributed by atoms with Crippen LogP contribution in [0.5, 0.6) is 0 Å². The van der Waals surface area contributed by atoms with E-state index in [1.165, 1.54) is 25.7 Å². The Hall–Kier alpha value is 0.210. The van der Waals surface area contributed by atoms with Crippen molar-refractivity contribution in [2.75, 3.05) is 6.54 Å². The van der Waals surface area contributed by atoms with Crippen molar-refractivity contribution in [3.63, 3.8) is 0 Å². The summed E-state index contributed by atoms with van der Waals surface area (Å²) in [7, 11) is 0. The fraction of sp³-hybridized carbons (Fsp3) is 1.00. The maximum Gasteiger partial charge on any atom is 0.0241 e. The molecule has 0 radical (unpaired) electrons. The van der Waals surface area contributed by atoms with Crippen LogP contribution in [0.1, 0.15) is 25.7 Å². The smallest absolute Gasteiger partial charge is 0.0241 e. The molecule has 0 aromatic heterocycles. The minimum absolute atomic E-state index is 0. The largest absolute Gasteiger partial charge is 0.269 e. The molecule has 3 rings (SSSR count). The van der Waals surface area contributed by atoms with Gasteiger partial charge in [-0.05, 0) is 31.6 Å². The van der Waals surface area contributed by atoms with Gasteiger partial charge in [0.25, 0.3) is 0 Å². The fourth-order valence-corrected chi connectivity index (χ4v) is 2.11. The quantitative estimate of drug-likeness (QED) is 0.542. The van der Waals surface area contributed by atoms with Crippen LogP contribution in [-0.2, 0) is 0 Å². The highest BCUT2D eigenvalue weighted by atomic mass is 35.5. The molecule has 2 bridgehead atoms. The van der Waals surface area contributed by atoms with Gasteiger partial charge >= 0.3 is 0 Å². The molecule has 2 aliphatic heterocycles. The number of nitrogens with two attached hydrogens (primary N) is 1. The molecule has 3 aliphatic rings. The molecule has 2 heterocycles. The van der Waals surface area contributed by atoms with Crippen LogP contribution in [0.25, 0.3) is 0 Å². The van der Waals surface area contributed by atoms with Crippen LogP contribution >= 0.6 is 12.4 Å². The Bertz CT molecular complexity index is 110. The number of hydrogen-bond acceptors (Lipinski definition) is 2. The molecule has 0 aromatic rings. The van der Waals surface area contributed by atoms with Crippen LogP contribution in [0.4, 0.5) is 0 Å². The normalized spacial score (nSPS) is 39.3. The summed E-state index contributed by atoms with van der Waals surface area (Å²) >= 11 is 0. The summed E-state index contributed by atoms with van der Waals surface area (Å²) in [5.41, 5.74) is 0. The van der Waals surface area contributed by atoms with Crippen molar-refractivity contribution in [2.24, 2.45) is 11.8 Å². The second kappa shape index (κ2) is 3.07. The van der Waals surface area contributed by atoms with Gasteiger partial charge in [0.15, 0.2) is 0 Å². The number of piperidine rings is 2. The first kappa shape index (κ1) is 8.31. The molecule has 3 fully saturated rings. The topological polar surface area (TPSA) is 29.3 Å². The van der Waals surface area contributed by atoms with Crippen LogP contribution in [0.15, 0.2) is 0 Å². The third kappa shape index (κ3) is 1.29. The van der Waals surface area contributed by atoms with E-state index in [9.17, 15) is 0 Å². The summed E-state index contributed by atoms with van der Waals surface area (Å²) in [6.45, 7) is 1.16. The van der Waals surface area contributed by atoms with Crippen LogP contribution in [0.3, 0.4) is 0 Å². The molecule has 0 spiro atoms. The highest BCUT2D eigenvalue weighted by Gasteiger charge is 2.31. The molecule has 3 heteroatoms. The fourth-order valence-electron chi connectivity index (χ4n) is 2.11. The standard InChI is InChI=1S/C7H14N2.ClH/c8-9-5-6-1-3-7(9)4-2-6;/h6-7H,1-5,8H2;1H. The van der Waals surface area contributed by atoms with E-state index in [0.29, 0.717) is 0 Å². The Morgan fingerprint density at radius 1 is 1.10 bits per heavy atom. The molecular formula is C7H15ClN2. The van der Waals surface area contributed by atoms with Gasteiger partial charge in [0, 0.05) is 12.6 Å². The maximum atomic E-state index is 5.75. The molecule has 0 amide bonds. The van der Waals surface area contributed by atoms with Gasteiger partial charge in [-0.15, -0.1) is 12.4 Å². The zero-order chi connectivity index (χ0) is 6.27. The zero-order valence-electron chi connectivity index (χ0n) is 6.12. The molecule has 0 unspecified atom stereocenters. The van der Waals surface area contributed by atoms with Gasteiger partial charge in [-0.1, -0.05) is 0 Å². The van der Waals surface area contributed by atoms with Crippen molar-refractivity contribution < 1.29 is 0 Å². The van der Waals surface area contributed by atoms with Crippen LogP contribution < -0.4 is 5.84 Å². The number of halogens is 1. The second-order valence-corrected chi connectivity index (χ2v) is 3.37. The van der Waals surface area contributed by atoms with E-state index < -0.39 is 0 Å². The summed E-state index contributed by atoms with van der Waals surface area (Å²) in [5.74, 6) is 6.68. The Kier molecular flexibility index (Phi) is 2.55. The Morgan fingerprint density at radius 2 is 1.70 bits per heavy atom. The molecule has 2 N–H and O–H groups in total. The molecule has 2 saturated heterocycles. The second-order valence-electron chi connectivity index (χ2n) is 3.37. The molecule has 0 atom stereocenters. The van der Waals surface area contributed by atoms with Crippen molar-refractivity contribution >= 4 is 12.4 Å². The van der Waals surface area contributed by atoms with E-state index in [-0.39, 0.29) is 12.4 Å².